The first-order valence-corrected chi connectivity index (χ1v) is 9.90. The van der Waals surface area contributed by atoms with Gasteiger partial charge in [0.1, 0.15) is 12.4 Å². The molecule has 1 aliphatic carbocycles. The van der Waals surface area contributed by atoms with Crippen LogP contribution in [0.25, 0.3) is 0 Å². The third-order valence-corrected chi connectivity index (χ3v) is 5.23. The molecular weight excluding hydrogens is 336 g/mol. The topological polar surface area (TPSA) is 55.6 Å². The van der Waals surface area contributed by atoms with Crippen LogP contribution in [-0.4, -0.2) is 28.9 Å². The average Bonchev–Trinajstić information content (AvgIpc) is 2.67. The molecule has 144 valence electrons. The van der Waals surface area contributed by atoms with Crippen molar-refractivity contribution in [3.63, 3.8) is 0 Å². The monoisotopic (exact) mass is 366 g/mol. The minimum absolute atomic E-state index is 0.0350. The smallest absolute Gasteiger partial charge is 0.258 e. The molecule has 3 rings (SSSR count). The Morgan fingerprint density at radius 1 is 1.11 bits per heavy atom. The molecule has 0 spiro atoms. The molecule has 0 saturated heterocycles. The van der Waals surface area contributed by atoms with Crippen molar-refractivity contribution in [3.8, 4) is 5.75 Å². The molecule has 2 N–H and O–H groups in total. The second kappa shape index (κ2) is 9.05. The molecule has 4 heteroatoms. The number of ether oxygens (including phenoxy) is 1. The summed E-state index contributed by atoms with van der Waals surface area (Å²) in [5, 5.41) is 0. The van der Waals surface area contributed by atoms with E-state index in [1.54, 1.807) is 0 Å². The van der Waals surface area contributed by atoms with E-state index in [-0.39, 0.29) is 24.0 Å². The number of nitrogens with two attached hydrogens (primary N) is 1. The van der Waals surface area contributed by atoms with Crippen LogP contribution in [0.3, 0.4) is 0 Å². The molecule has 0 bridgehead atoms. The van der Waals surface area contributed by atoms with Crippen LogP contribution in [0.2, 0.25) is 0 Å². The molecule has 0 aliphatic heterocycles. The second-order valence-electron chi connectivity index (χ2n) is 7.66. The maximum Gasteiger partial charge on any atom is 0.258 e. The Hall–Kier alpha value is -2.33. The Kier molecular flexibility index (Phi) is 6.51. The zero-order valence-electron chi connectivity index (χ0n) is 16.3. The first-order valence-electron chi connectivity index (χ1n) is 9.90. The maximum atomic E-state index is 13.4. The van der Waals surface area contributed by atoms with E-state index >= 15 is 0 Å². The molecule has 1 aliphatic rings. The summed E-state index contributed by atoms with van der Waals surface area (Å²) in [5.41, 5.74) is 7.89. The van der Waals surface area contributed by atoms with Gasteiger partial charge in [-0.2, -0.15) is 0 Å². The van der Waals surface area contributed by atoms with E-state index in [1.807, 2.05) is 59.5 Å². The summed E-state index contributed by atoms with van der Waals surface area (Å²) in [7, 11) is 0. The molecular formula is C23H30N2O2. The van der Waals surface area contributed by atoms with E-state index in [0.717, 1.165) is 31.2 Å². The summed E-state index contributed by atoms with van der Waals surface area (Å²) in [4.78, 5) is 15.4. The number of para-hydroxylation sites is 1. The molecule has 0 unspecified atom stereocenters. The minimum Gasteiger partial charge on any atom is -0.488 e. The summed E-state index contributed by atoms with van der Waals surface area (Å²) in [6, 6.07) is 18.0. The van der Waals surface area contributed by atoms with Gasteiger partial charge in [-0.3, -0.25) is 4.79 Å². The fraction of sp³-hybridized carbons (Fsp3) is 0.435. The average molecular weight is 367 g/mol. The third-order valence-electron chi connectivity index (χ3n) is 5.23. The fourth-order valence-electron chi connectivity index (χ4n) is 3.92. The van der Waals surface area contributed by atoms with Crippen molar-refractivity contribution >= 4 is 5.91 Å². The van der Waals surface area contributed by atoms with Crippen molar-refractivity contribution in [2.24, 2.45) is 5.73 Å². The first-order chi connectivity index (χ1) is 13.1. The highest BCUT2D eigenvalue weighted by molar-refractivity contribution is 5.97. The van der Waals surface area contributed by atoms with E-state index in [2.05, 4.69) is 13.8 Å². The van der Waals surface area contributed by atoms with E-state index in [4.69, 9.17) is 10.5 Å². The standard InChI is InChI=1S/C23H30N2O2/c1-17(2)25(20-12-8-11-19(24)15-20)23(26)21-13-6-7-14-22(21)27-16-18-9-4-3-5-10-18/h3-7,9-10,13-14,17,19-20H,8,11-12,15-16,24H2,1-2H3/t19-,20+/m0/s1. The van der Waals surface area contributed by atoms with Crippen molar-refractivity contribution in [1.29, 1.82) is 0 Å². The van der Waals surface area contributed by atoms with Gasteiger partial charge in [0.05, 0.1) is 5.56 Å². The molecule has 1 amide bonds. The molecule has 2 aromatic rings. The Morgan fingerprint density at radius 3 is 2.52 bits per heavy atom. The first kappa shape index (κ1) is 19.4. The van der Waals surface area contributed by atoms with Crippen LogP contribution in [0.4, 0.5) is 0 Å². The highest BCUT2D eigenvalue weighted by Gasteiger charge is 2.31. The van der Waals surface area contributed by atoms with Crippen molar-refractivity contribution in [2.75, 3.05) is 0 Å². The Labute approximate surface area is 162 Å². The summed E-state index contributed by atoms with van der Waals surface area (Å²) in [6.45, 7) is 4.60. The van der Waals surface area contributed by atoms with Crippen LogP contribution in [0, 0.1) is 0 Å². The molecule has 0 radical (unpaired) electrons. The van der Waals surface area contributed by atoms with Gasteiger partial charge in [0.2, 0.25) is 0 Å². The van der Waals surface area contributed by atoms with Crippen molar-refractivity contribution < 1.29 is 9.53 Å². The van der Waals surface area contributed by atoms with Gasteiger partial charge in [-0.25, -0.2) is 0 Å². The van der Waals surface area contributed by atoms with Crippen LogP contribution in [0.5, 0.6) is 5.75 Å². The van der Waals surface area contributed by atoms with Crippen molar-refractivity contribution in [2.45, 2.75) is 64.3 Å². The van der Waals surface area contributed by atoms with Crippen LogP contribution in [0.1, 0.15) is 55.5 Å². The van der Waals surface area contributed by atoms with Gasteiger partial charge in [-0.05, 0) is 57.2 Å². The number of hydrogen-bond acceptors (Lipinski definition) is 3. The lowest BCUT2D eigenvalue weighted by Crippen LogP contribution is -2.49. The summed E-state index contributed by atoms with van der Waals surface area (Å²) in [6.07, 6.45) is 4.02. The highest BCUT2D eigenvalue weighted by atomic mass is 16.5. The van der Waals surface area contributed by atoms with Crippen LogP contribution >= 0.6 is 0 Å². The third kappa shape index (κ3) is 4.89. The van der Waals surface area contributed by atoms with Crippen molar-refractivity contribution in [3.05, 3.63) is 65.7 Å². The number of rotatable bonds is 6. The lowest BCUT2D eigenvalue weighted by Gasteiger charge is -2.39. The van der Waals surface area contributed by atoms with Crippen LogP contribution < -0.4 is 10.5 Å². The van der Waals surface area contributed by atoms with E-state index < -0.39 is 0 Å². The molecule has 2 atom stereocenters. The number of nitrogens with zero attached hydrogens (tertiary/aromatic N) is 1. The number of benzene rings is 2. The fourth-order valence-corrected chi connectivity index (χ4v) is 3.92. The molecule has 4 nitrogen and oxygen atoms in total. The minimum atomic E-state index is 0.0350. The number of carbonyl (C=O) groups is 1. The predicted octanol–water partition coefficient (Wildman–Crippen LogP) is 4.39. The van der Waals surface area contributed by atoms with Gasteiger partial charge < -0.3 is 15.4 Å². The lowest BCUT2D eigenvalue weighted by atomic mass is 9.89. The van der Waals surface area contributed by atoms with Gasteiger partial charge >= 0.3 is 0 Å². The lowest BCUT2D eigenvalue weighted by molar-refractivity contribution is 0.0539. The maximum absolute atomic E-state index is 13.4. The second-order valence-corrected chi connectivity index (χ2v) is 7.66. The molecule has 0 aromatic heterocycles. The Bertz CT molecular complexity index is 745. The van der Waals surface area contributed by atoms with E-state index in [1.165, 1.54) is 0 Å². The summed E-state index contributed by atoms with van der Waals surface area (Å²) >= 11 is 0. The largest absolute Gasteiger partial charge is 0.488 e. The van der Waals surface area contributed by atoms with Crippen LogP contribution in [-0.2, 0) is 6.61 Å². The number of amides is 1. The summed E-state index contributed by atoms with van der Waals surface area (Å²) in [5.74, 6) is 0.671. The van der Waals surface area contributed by atoms with Gasteiger partial charge in [0, 0.05) is 18.1 Å². The van der Waals surface area contributed by atoms with Gasteiger partial charge in [-0.1, -0.05) is 42.5 Å². The predicted molar refractivity (Wildman–Crippen MR) is 109 cm³/mol. The highest BCUT2D eigenvalue weighted by Crippen LogP contribution is 2.28. The summed E-state index contributed by atoms with van der Waals surface area (Å²) < 4.78 is 6.01. The SMILES string of the molecule is CC(C)N(C(=O)c1ccccc1OCc1ccccc1)[C@@H]1CCC[C@H](N)C1. The molecule has 0 heterocycles. The Balaban J connectivity index is 1.80. The molecule has 27 heavy (non-hydrogen) atoms. The van der Waals surface area contributed by atoms with Gasteiger partial charge in [-0.15, -0.1) is 0 Å². The van der Waals surface area contributed by atoms with Crippen molar-refractivity contribution in [1.82, 2.24) is 4.90 Å². The van der Waals surface area contributed by atoms with Gasteiger partial charge in [0.15, 0.2) is 0 Å². The number of hydrogen-bond donors (Lipinski definition) is 1. The Morgan fingerprint density at radius 2 is 1.81 bits per heavy atom. The molecule has 1 saturated carbocycles. The zero-order valence-corrected chi connectivity index (χ0v) is 16.3. The van der Waals surface area contributed by atoms with Crippen LogP contribution in [0.15, 0.2) is 54.6 Å². The quantitative estimate of drug-likeness (QED) is 0.825. The molecule has 1 fully saturated rings. The molecule has 2 aromatic carbocycles. The van der Waals surface area contributed by atoms with E-state index in [0.29, 0.717) is 17.9 Å². The zero-order chi connectivity index (χ0) is 19.2. The van der Waals surface area contributed by atoms with E-state index in [9.17, 15) is 4.79 Å². The van der Waals surface area contributed by atoms with Gasteiger partial charge in [0.25, 0.3) is 5.91 Å². The number of carbonyl (C=O) groups excluding carboxylic acids is 1. The normalized spacial score (nSPS) is 19.7.